The molecule has 0 fully saturated rings. The summed E-state index contributed by atoms with van der Waals surface area (Å²) in [6, 6.07) is 1.11. The number of nitrogens with zero attached hydrogens (tertiary/aromatic N) is 2. The van der Waals surface area contributed by atoms with Gasteiger partial charge in [-0.15, -0.1) is 0 Å². The zero-order valence-corrected chi connectivity index (χ0v) is 11.6. The van der Waals surface area contributed by atoms with Crippen molar-refractivity contribution in [3.8, 4) is 0 Å². The van der Waals surface area contributed by atoms with Crippen molar-refractivity contribution in [3.05, 3.63) is 17.2 Å². The van der Waals surface area contributed by atoms with Gasteiger partial charge < -0.3 is 9.88 Å². The topological polar surface area (TPSA) is 29.9 Å². The number of fused-ring (bicyclic) bond motifs is 1. The van der Waals surface area contributed by atoms with Crippen LogP contribution in [0.1, 0.15) is 56.4 Å². The predicted molar refractivity (Wildman–Crippen MR) is 71.5 cm³/mol. The summed E-state index contributed by atoms with van der Waals surface area (Å²) in [5.41, 5.74) is 2.86. The highest BCUT2D eigenvalue weighted by Crippen LogP contribution is 2.27. The predicted octanol–water partition coefficient (Wildman–Crippen LogP) is 2.63. The molecule has 0 aromatic carbocycles. The van der Waals surface area contributed by atoms with Crippen LogP contribution in [-0.2, 0) is 12.8 Å². The van der Waals surface area contributed by atoms with Gasteiger partial charge >= 0.3 is 0 Å². The molecule has 0 amide bonds. The minimum Gasteiger partial charge on any atom is -0.329 e. The van der Waals surface area contributed by atoms with Crippen molar-refractivity contribution >= 4 is 0 Å². The van der Waals surface area contributed by atoms with Crippen LogP contribution in [0.3, 0.4) is 0 Å². The van der Waals surface area contributed by atoms with E-state index in [2.05, 4.69) is 30.7 Å². The lowest BCUT2D eigenvalue weighted by atomic mass is 10.00. The zero-order valence-electron chi connectivity index (χ0n) is 11.6. The summed E-state index contributed by atoms with van der Waals surface area (Å²) < 4.78 is 2.47. The summed E-state index contributed by atoms with van der Waals surface area (Å²) in [5.74, 6) is 1.20. The van der Waals surface area contributed by atoms with Gasteiger partial charge in [-0.2, -0.15) is 0 Å². The molecule has 96 valence electrons. The molecular weight excluding hydrogens is 210 g/mol. The third-order valence-corrected chi connectivity index (χ3v) is 3.97. The lowest BCUT2D eigenvalue weighted by Gasteiger charge is -2.23. The van der Waals surface area contributed by atoms with Crippen LogP contribution in [0, 0.1) is 6.92 Å². The Labute approximate surface area is 105 Å². The Kier molecular flexibility index (Phi) is 3.87. The van der Waals surface area contributed by atoms with Crippen molar-refractivity contribution in [3.63, 3.8) is 0 Å². The average molecular weight is 235 g/mol. The molecule has 0 saturated carbocycles. The van der Waals surface area contributed by atoms with E-state index >= 15 is 0 Å². The molecule has 2 atom stereocenters. The molecule has 3 heteroatoms. The van der Waals surface area contributed by atoms with E-state index in [4.69, 9.17) is 4.98 Å². The van der Waals surface area contributed by atoms with Crippen LogP contribution < -0.4 is 5.32 Å². The highest BCUT2D eigenvalue weighted by molar-refractivity contribution is 5.20. The number of rotatable bonds is 4. The summed E-state index contributed by atoms with van der Waals surface area (Å²) >= 11 is 0. The molecule has 0 saturated heterocycles. The van der Waals surface area contributed by atoms with Crippen LogP contribution in [0.25, 0.3) is 0 Å². The largest absolute Gasteiger partial charge is 0.329 e. The Hall–Kier alpha value is -0.830. The van der Waals surface area contributed by atoms with Gasteiger partial charge in [0.15, 0.2) is 0 Å². The highest BCUT2D eigenvalue weighted by atomic mass is 15.1. The zero-order chi connectivity index (χ0) is 12.4. The molecule has 3 nitrogen and oxygen atoms in total. The van der Waals surface area contributed by atoms with Crippen molar-refractivity contribution in [2.75, 3.05) is 7.05 Å². The number of hydrogen-bond donors (Lipinski definition) is 1. The van der Waals surface area contributed by atoms with Crippen molar-refractivity contribution in [2.24, 2.45) is 0 Å². The molecule has 2 rings (SSSR count). The van der Waals surface area contributed by atoms with E-state index in [9.17, 15) is 0 Å². The van der Waals surface area contributed by atoms with Crippen molar-refractivity contribution in [2.45, 2.75) is 65.0 Å². The van der Waals surface area contributed by atoms with Crippen molar-refractivity contribution in [1.29, 1.82) is 0 Å². The van der Waals surface area contributed by atoms with Crippen LogP contribution in [0.4, 0.5) is 0 Å². The van der Waals surface area contributed by atoms with Crippen molar-refractivity contribution in [1.82, 2.24) is 14.9 Å². The monoisotopic (exact) mass is 235 g/mol. The summed E-state index contributed by atoms with van der Waals surface area (Å²) in [6.45, 7) is 6.71. The Bertz CT molecular complexity index is 381. The van der Waals surface area contributed by atoms with Gasteiger partial charge in [-0.25, -0.2) is 4.98 Å². The molecule has 1 aromatic rings. The molecule has 1 aliphatic carbocycles. The molecule has 17 heavy (non-hydrogen) atoms. The first-order valence-corrected chi connectivity index (χ1v) is 6.87. The van der Waals surface area contributed by atoms with Crippen molar-refractivity contribution < 1.29 is 0 Å². The van der Waals surface area contributed by atoms with Gasteiger partial charge in [-0.05, 0) is 59.9 Å². The lowest BCUT2D eigenvalue weighted by molar-refractivity contribution is 0.413. The lowest BCUT2D eigenvalue weighted by Crippen LogP contribution is -2.26. The Morgan fingerprint density at radius 3 is 2.71 bits per heavy atom. The second-order valence-corrected chi connectivity index (χ2v) is 5.40. The van der Waals surface area contributed by atoms with Gasteiger partial charge in [0.25, 0.3) is 0 Å². The number of imidazole rings is 1. The molecule has 2 unspecified atom stereocenters. The van der Waals surface area contributed by atoms with Crippen LogP contribution in [-0.4, -0.2) is 22.6 Å². The molecule has 1 aromatic heterocycles. The average Bonchev–Trinajstić information content (AvgIpc) is 2.64. The van der Waals surface area contributed by atoms with E-state index in [1.807, 2.05) is 7.05 Å². The van der Waals surface area contributed by atoms with E-state index in [0.29, 0.717) is 12.1 Å². The standard InChI is InChI=1S/C14H25N3/c1-10(15-4)9-11(2)17-12(3)16-13-7-5-6-8-14(13)17/h10-11,15H,5-9H2,1-4H3. The highest BCUT2D eigenvalue weighted by Gasteiger charge is 2.21. The second kappa shape index (κ2) is 5.21. The summed E-state index contributed by atoms with van der Waals surface area (Å²) in [4.78, 5) is 4.75. The van der Waals surface area contributed by atoms with E-state index in [1.165, 1.54) is 49.3 Å². The molecule has 0 bridgehead atoms. The number of hydrogen-bond acceptors (Lipinski definition) is 2. The van der Waals surface area contributed by atoms with Gasteiger partial charge in [0.2, 0.25) is 0 Å². The normalized spacial score (nSPS) is 18.8. The van der Waals surface area contributed by atoms with E-state index in [0.717, 1.165) is 0 Å². The fourth-order valence-corrected chi connectivity index (χ4v) is 3.02. The third kappa shape index (κ3) is 2.54. The Balaban J connectivity index is 2.22. The van der Waals surface area contributed by atoms with Gasteiger partial charge in [-0.1, -0.05) is 0 Å². The first kappa shape index (κ1) is 12.6. The van der Waals surface area contributed by atoms with E-state index in [-0.39, 0.29) is 0 Å². The number of aromatic nitrogens is 2. The first-order valence-electron chi connectivity index (χ1n) is 6.87. The Morgan fingerprint density at radius 2 is 2.00 bits per heavy atom. The number of aryl methyl sites for hydroxylation is 2. The van der Waals surface area contributed by atoms with Crippen LogP contribution in [0.2, 0.25) is 0 Å². The molecular formula is C14H25N3. The Morgan fingerprint density at radius 1 is 1.29 bits per heavy atom. The van der Waals surface area contributed by atoms with Crippen LogP contribution in [0.5, 0.6) is 0 Å². The maximum atomic E-state index is 4.75. The molecule has 1 aliphatic rings. The maximum absolute atomic E-state index is 4.75. The molecule has 0 spiro atoms. The van der Waals surface area contributed by atoms with Gasteiger partial charge in [0.05, 0.1) is 5.69 Å². The van der Waals surface area contributed by atoms with Crippen LogP contribution in [0.15, 0.2) is 0 Å². The van der Waals surface area contributed by atoms with Gasteiger partial charge in [-0.3, -0.25) is 0 Å². The smallest absolute Gasteiger partial charge is 0.106 e. The van der Waals surface area contributed by atoms with Crippen LogP contribution >= 0.6 is 0 Å². The van der Waals surface area contributed by atoms with Gasteiger partial charge in [0.1, 0.15) is 5.82 Å². The third-order valence-electron chi connectivity index (χ3n) is 3.97. The minimum absolute atomic E-state index is 0.548. The van der Waals surface area contributed by atoms with Gasteiger partial charge in [0, 0.05) is 17.8 Å². The SMILES string of the molecule is CNC(C)CC(C)n1c(C)nc2c1CCCC2. The maximum Gasteiger partial charge on any atom is 0.106 e. The quantitative estimate of drug-likeness (QED) is 0.869. The fourth-order valence-electron chi connectivity index (χ4n) is 3.02. The fraction of sp³-hybridized carbons (Fsp3) is 0.786. The minimum atomic E-state index is 0.548. The molecule has 0 radical (unpaired) electrons. The second-order valence-electron chi connectivity index (χ2n) is 5.40. The number of nitrogens with one attached hydrogen (secondary N) is 1. The summed E-state index contributed by atoms with van der Waals surface area (Å²) in [5, 5.41) is 3.32. The van der Waals surface area contributed by atoms with E-state index < -0.39 is 0 Å². The molecule has 1 heterocycles. The molecule has 1 N–H and O–H groups in total. The van der Waals surface area contributed by atoms with E-state index in [1.54, 1.807) is 0 Å². The first-order chi connectivity index (χ1) is 8.13. The summed E-state index contributed by atoms with van der Waals surface area (Å²) in [6.07, 6.45) is 6.20. The molecule has 0 aliphatic heterocycles. The summed E-state index contributed by atoms with van der Waals surface area (Å²) in [7, 11) is 2.04.